The predicted octanol–water partition coefficient (Wildman–Crippen LogP) is 0.200. The summed E-state index contributed by atoms with van der Waals surface area (Å²) in [5.41, 5.74) is 6.13. The van der Waals surface area contributed by atoms with E-state index >= 15 is 0 Å². The molecule has 3 heteroatoms. The fourth-order valence-corrected chi connectivity index (χ4v) is 1.81. The summed E-state index contributed by atoms with van der Waals surface area (Å²) < 4.78 is 5.30. The third-order valence-corrected chi connectivity index (χ3v) is 3.01. The van der Waals surface area contributed by atoms with Crippen molar-refractivity contribution in [2.24, 2.45) is 5.73 Å². The van der Waals surface area contributed by atoms with Crippen molar-refractivity contribution in [1.29, 1.82) is 0 Å². The Balaban J connectivity index is 1.70. The van der Waals surface area contributed by atoms with Gasteiger partial charge in [-0.2, -0.15) is 0 Å². The van der Waals surface area contributed by atoms with Gasteiger partial charge in [0.15, 0.2) is 0 Å². The molecule has 0 aromatic carbocycles. The second-order valence-corrected chi connectivity index (χ2v) is 4.11. The van der Waals surface area contributed by atoms with Crippen LogP contribution in [0.4, 0.5) is 0 Å². The molecule has 2 aliphatic heterocycles. The van der Waals surface area contributed by atoms with Gasteiger partial charge in [-0.05, 0) is 38.9 Å². The summed E-state index contributed by atoms with van der Waals surface area (Å²) in [4.78, 5) is 2.47. The van der Waals surface area contributed by atoms with Gasteiger partial charge in [0.2, 0.25) is 0 Å². The molecule has 2 aliphatic rings. The lowest BCUT2D eigenvalue weighted by Gasteiger charge is -2.33. The molecule has 2 heterocycles. The summed E-state index contributed by atoms with van der Waals surface area (Å²) in [6.07, 6.45) is 3.52. The van der Waals surface area contributed by atoms with Crippen LogP contribution in [0.25, 0.3) is 0 Å². The van der Waals surface area contributed by atoms with Crippen LogP contribution in [0.5, 0.6) is 0 Å². The third kappa shape index (κ3) is 1.79. The Hall–Kier alpha value is -0.120. The Labute approximate surface area is 73.9 Å². The highest BCUT2D eigenvalue weighted by Crippen LogP contribution is 2.20. The number of hydrogen-bond donors (Lipinski definition) is 1. The normalized spacial score (nSPS) is 36.8. The summed E-state index contributed by atoms with van der Waals surface area (Å²) in [5.74, 6) is 0. The monoisotopic (exact) mass is 170 g/mol. The molecule has 0 radical (unpaired) electrons. The van der Waals surface area contributed by atoms with E-state index in [9.17, 15) is 0 Å². The highest BCUT2D eigenvalue weighted by Gasteiger charge is 2.31. The Bertz CT molecular complexity index is 151. The molecule has 2 fully saturated rings. The molecule has 2 rings (SSSR count). The number of rotatable bonds is 3. The second-order valence-electron chi connectivity index (χ2n) is 4.11. The molecule has 0 aliphatic carbocycles. The van der Waals surface area contributed by atoms with Crippen LogP contribution in [0.15, 0.2) is 0 Å². The standard InChI is InChI=1S/C9H18N2O/c10-9(3-7-12-8-9)2-6-11-4-1-5-11/h1-8,10H2. The second kappa shape index (κ2) is 3.32. The van der Waals surface area contributed by atoms with E-state index < -0.39 is 0 Å². The topological polar surface area (TPSA) is 38.5 Å². The summed E-state index contributed by atoms with van der Waals surface area (Å²) in [6, 6.07) is 0. The van der Waals surface area contributed by atoms with Gasteiger partial charge in [0.25, 0.3) is 0 Å². The number of nitrogens with zero attached hydrogens (tertiary/aromatic N) is 1. The number of likely N-dealkylation sites (tertiary alicyclic amines) is 1. The first kappa shape index (κ1) is 8.48. The lowest BCUT2D eigenvalue weighted by molar-refractivity contribution is 0.144. The minimum atomic E-state index is -0.00438. The number of ether oxygens (including phenoxy) is 1. The van der Waals surface area contributed by atoms with Crippen molar-refractivity contribution in [3.05, 3.63) is 0 Å². The van der Waals surface area contributed by atoms with E-state index in [1.165, 1.54) is 26.1 Å². The highest BCUT2D eigenvalue weighted by atomic mass is 16.5. The van der Waals surface area contributed by atoms with Crippen LogP contribution in [0.3, 0.4) is 0 Å². The fraction of sp³-hybridized carbons (Fsp3) is 1.00. The van der Waals surface area contributed by atoms with Crippen LogP contribution in [-0.4, -0.2) is 43.3 Å². The average Bonchev–Trinajstić information content (AvgIpc) is 2.33. The molecule has 0 bridgehead atoms. The molecule has 3 nitrogen and oxygen atoms in total. The van der Waals surface area contributed by atoms with Gasteiger partial charge < -0.3 is 15.4 Å². The summed E-state index contributed by atoms with van der Waals surface area (Å²) >= 11 is 0. The van der Waals surface area contributed by atoms with Crippen LogP contribution < -0.4 is 5.73 Å². The molecule has 0 aromatic rings. The van der Waals surface area contributed by atoms with Crippen molar-refractivity contribution in [1.82, 2.24) is 4.90 Å². The number of nitrogens with two attached hydrogens (primary N) is 1. The van der Waals surface area contributed by atoms with Crippen molar-refractivity contribution >= 4 is 0 Å². The molecule has 12 heavy (non-hydrogen) atoms. The smallest absolute Gasteiger partial charge is 0.0647 e. The van der Waals surface area contributed by atoms with Crippen molar-refractivity contribution in [2.45, 2.75) is 24.8 Å². The van der Waals surface area contributed by atoms with E-state index in [4.69, 9.17) is 10.5 Å². The minimum Gasteiger partial charge on any atom is -0.379 e. The zero-order chi connectivity index (χ0) is 8.44. The first-order valence-electron chi connectivity index (χ1n) is 4.88. The zero-order valence-corrected chi connectivity index (χ0v) is 7.59. The molecule has 1 unspecified atom stereocenters. The Morgan fingerprint density at radius 3 is 2.75 bits per heavy atom. The Morgan fingerprint density at radius 1 is 1.42 bits per heavy atom. The van der Waals surface area contributed by atoms with Gasteiger partial charge in [-0.3, -0.25) is 0 Å². The first-order valence-corrected chi connectivity index (χ1v) is 4.88. The maximum absolute atomic E-state index is 6.13. The molecular weight excluding hydrogens is 152 g/mol. The van der Waals surface area contributed by atoms with Gasteiger partial charge in [-0.15, -0.1) is 0 Å². The Kier molecular flexibility index (Phi) is 2.35. The van der Waals surface area contributed by atoms with Gasteiger partial charge in [-0.25, -0.2) is 0 Å². The summed E-state index contributed by atoms with van der Waals surface area (Å²) in [7, 11) is 0. The first-order chi connectivity index (χ1) is 5.79. The summed E-state index contributed by atoms with van der Waals surface area (Å²) in [5, 5.41) is 0. The molecule has 0 saturated carbocycles. The molecule has 2 saturated heterocycles. The molecular formula is C9H18N2O. The maximum atomic E-state index is 6.13. The van der Waals surface area contributed by atoms with Crippen LogP contribution in [0.2, 0.25) is 0 Å². The quantitative estimate of drug-likeness (QED) is 0.657. The summed E-state index contributed by atoms with van der Waals surface area (Å²) in [6.45, 7) is 5.34. The lowest BCUT2D eigenvalue weighted by Crippen LogP contribution is -2.46. The van der Waals surface area contributed by atoms with Gasteiger partial charge in [-0.1, -0.05) is 0 Å². The zero-order valence-electron chi connectivity index (χ0n) is 7.59. The van der Waals surface area contributed by atoms with Crippen molar-refractivity contribution < 1.29 is 4.74 Å². The van der Waals surface area contributed by atoms with E-state index in [1.807, 2.05) is 0 Å². The maximum Gasteiger partial charge on any atom is 0.0647 e. The minimum absolute atomic E-state index is 0.00438. The van der Waals surface area contributed by atoms with Crippen LogP contribution >= 0.6 is 0 Å². The van der Waals surface area contributed by atoms with E-state index in [0.29, 0.717) is 0 Å². The predicted molar refractivity (Wildman–Crippen MR) is 48.0 cm³/mol. The third-order valence-electron chi connectivity index (χ3n) is 3.01. The highest BCUT2D eigenvalue weighted by molar-refractivity contribution is 4.89. The number of hydrogen-bond acceptors (Lipinski definition) is 3. The SMILES string of the molecule is NC1(CCN2CCC2)CCOC1. The average molecular weight is 170 g/mol. The lowest BCUT2D eigenvalue weighted by atomic mass is 9.95. The van der Waals surface area contributed by atoms with Gasteiger partial charge in [0.1, 0.15) is 0 Å². The molecule has 2 N–H and O–H groups in total. The Morgan fingerprint density at radius 2 is 2.25 bits per heavy atom. The van der Waals surface area contributed by atoms with Crippen LogP contribution in [0.1, 0.15) is 19.3 Å². The van der Waals surface area contributed by atoms with Crippen molar-refractivity contribution in [3.63, 3.8) is 0 Å². The van der Waals surface area contributed by atoms with E-state index in [-0.39, 0.29) is 5.54 Å². The van der Waals surface area contributed by atoms with Gasteiger partial charge in [0, 0.05) is 12.1 Å². The van der Waals surface area contributed by atoms with Crippen LogP contribution in [0, 0.1) is 0 Å². The van der Waals surface area contributed by atoms with E-state index in [2.05, 4.69) is 4.90 Å². The molecule has 1 atom stereocenters. The largest absolute Gasteiger partial charge is 0.379 e. The van der Waals surface area contributed by atoms with Crippen molar-refractivity contribution in [2.75, 3.05) is 32.8 Å². The molecule has 0 spiro atoms. The molecule has 70 valence electrons. The van der Waals surface area contributed by atoms with Gasteiger partial charge >= 0.3 is 0 Å². The fourth-order valence-electron chi connectivity index (χ4n) is 1.81. The van der Waals surface area contributed by atoms with E-state index in [0.717, 1.165) is 26.1 Å². The van der Waals surface area contributed by atoms with E-state index in [1.54, 1.807) is 0 Å². The van der Waals surface area contributed by atoms with Crippen LogP contribution in [-0.2, 0) is 4.74 Å². The van der Waals surface area contributed by atoms with Gasteiger partial charge in [0.05, 0.1) is 6.61 Å². The molecule has 0 amide bonds. The molecule has 0 aromatic heterocycles. The van der Waals surface area contributed by atoms with Crippen molar-refractivity contribution in [3.8, 4) is 0 Å².